The van der Waals surface area contributed by atoms with Crippen LogP contribution in [0.1, 0.15) is 31.2 Å². The lowest BCUT2D eigenvalue weighted by Crippen LogP contribution is -2.29. The molecule has 3 aromatic rings. The predicted molar refractivity (Wildman–Crippen MR) is 115 cm³/mol. The zero-order chi connectivity index (χ0) is 20.7. The molecule has 0 atom stereocenters. The van der Waals surface area contributed by atoms with Gasteiger partial charge in [-0.3, -0.25) is 0 Å². The van der Waals surface area contributed by atoms with Gasteiger partial charge in [0.25, 0.3) is 0 Å². The molecule has 0 bridgehead atoms. The number of benzene rings is 2. The van der Waals surface area contributed by atoms with Gasteiger partial charge in [0.05, 0.1) is 5.75 Å². The molecule has 2 N–H and O–H groups in total. The standard InChI is InChI=1S/C22H23FN4O2S/c23-20-12-16(11-19-21(20)24-13-25-22(19)26-17-4-5-17)15-3-1-2-14(10-15)8-9-30(28,29)27-18-6-7-18/h1-3,10-13,17-18,27H,4-9H2,(H,24,25,26). The number of halogens is 1. The van der Waals surface area contributed by atoms with Gasteiger partial charge in [0, 0.05) is 17.5 Å². The van der Waals surface area contributed by atoms with Gasteiger partial charge < -0.3 is 5.32 Å². The molecule has 6 nitrogen and oxygen atoms in total. The van der Waals surface area contributed by atoms with E-state index < -0.39 is 15.8 Å². The second kappa shape index (κ2) is 7.59. The van der Waals surface area contributed by atoms with Gasteiger partial charge in [-0.1, -0.05) is 24.3 Å². The topological polar surface area (TPSA) is 84.0 Å². The summed E-state index contributed by atoms with van der Waals surface area (Å²) in [6.45, 7) is 0. The van der Waals surface area contributed by atoms with Crippen molar-refractivity contribution < 1.29 is 12.8 Å². The first kappa shape index (κ1) is 19.4. The monoisotopic (exact) mass is 426 g/mol. The molecule has 0 radical (unpaired) electrons. The number of sulfonamides is 1. The number of rotatable bonds is 8. The van der Waals surface area contributed by atoms with Crippen molar-refractivity contribution in [2.75, 3.05) is 11.1 Å². The van der Waals surface area contributed by atoms with E-state index >= 15 is 0 Å². The van der Waals surface area contributed by atoms with Gasteiger partial charge in [-0.15, -0.1) is 0 Å². The average Bonchev–Trinajstić information content (AvgIpc) is 3.65. The van der Waals surface area contributed by atoms with Crippen molar-refractivity contribution in [2.24, 2.45) is 0 Å². The highest BCUT2D eigenvalue weighted by Crippen LogP contribution is 2.32. The molecule has 2 fully saturated rings. The molecule has 156 valence electrons. The Morgan fingerprint density at radius 3 is 2.57 bits per heavy atom. The molecule has 0 saturated heterocycles. The lowest BCUT2D eigenvalue weighted by atomic mass is 10.00. The first-order valence-corrected chi connectivity index (χ1v) is 11.9. The summed E-state index contributed by atoms with van der Waals surface area (Å²) >= 11 is 0. The van der Waals surface area contributed by atoms with Crippen LogP contribution in [-0.2, 0) is 16.4 Å². The normalized spacial score (nSPS) is 16.7. The molecule has 30 heavy (non-hydrogen) atoms. The summed E-state index contributed by atoms with van der Waals surface area (Å²) in [5.74, 6) is 0.296. The lowest BCUT2D eigenvalue weighted by Gasteiger charge is -2.11. The van der Waals surface area contributed by atoms with Gasteiger partial charge in [0.1, 0.15) is 23.5 Å². The van der Waals surface area contributed by atoms with E-state index in [0.29, 0.717) is 29.2 Å². The second-order valence-corrected chi connectivity index (χ2v) is 10.0. The minimum atomic E-state index is -3.28. The van der Waals surface area contributed by atoms with Crippen molar-refractivity contribution in [1.82, 2.24) is 14.7 Å². The smallest absolute Gasteiger partial charge is 0.212 e. The molecule has 2 aromatic carbocycles. The van der Waals surface area contributed by atoms with Crippen LogP contribution in [0.3, 0.4) is 0 Å². The Balaban J connectivity index is 1.42. The first-order valence-electron chi connectivity index (χ1n) is 10.3. The summed E-state index contributed by atoms with van der Waals surface area (Å²) < 4.78 is 41.8. The highest BCUT2D eigenvalue weighted by Gasteiger charge is 2.26. The molecular weight excluding hydrogens is 403 g/mol. The Morgan fingerprint density at radius 1 is 1.00 bits per heavy atom. The summed E-state index contributed by atoms with van der Waals surface area (Å²) in [5.41, 5.74) is 2.75. The molecule has 0 amide bonds. The zero-order valence-corrected chi connectivity index (χ0v) is 17.3. The van der Waals surface area contributed by atoms with E-state index in [-0.39, 0.29) is 11.8 Å². The number of nitrogens with zero attached hydrogens (tertiary/aromatic N) is 2. The Bertz CT molecular complexity index is 1210. The average molecular weight is 427 g/mol. The molecule has 0 aliphatic heterocycles. The van der Waals surface area contributed by atoms with Crippen molar-refractivity contribution in [3.63, 3.8) is 0 Å². The summed E-state index contributed by atoms with van der Waals surface area (Å²) in [6.07, 6.45) is 5.81. The Kier molecular flexibility index (Phi) is 4.91. The maximum Gasteiger partial charge on any atom is 0.212 e. The van der Waals surface area contributed by atoms with Gasteiger partial charge in [0.2, 0.25) is 10.0 Å². The van der Waals surface area contributed by atoms with Crippen molar-refractivity contribution >= 4 is 26.7 Å². The van der Waals surface area contributed by atoms with Crippen molar-refractivity contribution in [2.45, 2.75) is 44.2 Å². The number of hydrogen-bond donors (Lipinski definition) is 2. The SMILES string of the molecule is O=S(=O)(CCc1cccc(-c2cc(F)c3ncnc(NC4CC4)c3c2)c1)NC1CC1. The fourth-order valence-corrected chi connectivity index (χ4v) is 4.87. The minimum Gasteiger partial charge on any atom is -0.367 e. The van der Waals surface area contributed by atoms with Crippen LogP contribution >= 0.6 is 0 Å². The first-order chi connectivity index (χ1) is 14.5. The summed E-state index contributed by atoms with van der Waals surface area (Å²) in [4.78, 5) is 8.41. The highest BCUT2D eigenvalue weighted by atomic mass is 32.2. The highest BCUT2D eigenvalue weighted by molar-refractivity contribution is 7.89. The van der Waals surface area contributed by atoms with E-state index in [1.54, 1.807) is 0 Å². The van der Waals surface area contributed by atoms with Crippen LogP contribution < -0.4 is 10.0 Å². The second-order valence-electron chi connectivity index (χ2n) is 8.16. The van der Waals surface area contributed by atoms with Crippen LogP contribution in [0, 0.1) is 5.82 Å². The van der Waals surface area contributed by atoms with Gasteiger partial charge >= 0.3 is 0 Å². The number of nitrogens with one attached hydrogen (secondary N) is 2. The van der Waals surface area contributed by atoms with Gasteiger partial charge in [0.15, 0.2) is 0 Å². The lowest BCUT2D eigenvalue weighted by molar-refractivity contribution is 0.580. The van der Waals surface area contributed by atoms with E-state index in [1.165, 1.54) is 12.4 Å². The molecule has 1 aromatic heterocycles. The fourth-order valence-electron chi connectivity index (χ4n) is 3.50. The molecule has 0 spiro atoms. The third-order valence-corrected chi connectivity index (χ3v) is 6.89. The molecular formula is C22H23FN4O2S. The summed E-state index contributed by atoms with van der Waals surface area (Å²) in [7, 11) is -3.28. The number of aryl methyl sites for hydroxylation is 1. The molecule has 1 heterocycles. The van der Waals surface area contributed by atoms with E-state index in [9.17, 15) is 12.8 Å². The minimum absolute atomic E-state index is 0.0440. The van der Waals surface area contributed by atoms with Gasteiger partial charge in [-0.2, -0.15) is 0 Å². The van der Waals surface area contributed by atoms with Gasteiger partial charge in [-0.05, 0) is 60.9 Å². The maximum atomic E-state index is 14.8. The summed E-state index contributed by atoms with van der Waals surface area (Å²) in [6, 6.07) is 11.5. The maximum absolute atomic E-state index is 14.8. The zero-order valence-electron chi connectivity index (χ0n) is 16.4. The Morgan fingerprint density at radius 2 is 1.80 bits per heavy atom. The van der Waals surface area contributed by atoms with Gasteiger partial charge in [-0.25, -0.2) is 27.5 Å². The van der Waals surface area contributed by atoms with Crippen LogP contribution in [0.25, 0.3) is 22.0 Å². The predicted octanol–water partition coefficient (Wildman–Crippen LogP) is 3.63. The van der Waals surface area contributed by atoms with E-state index in [4.69, 9.17) is 0 Å². The number of fused-ring (bicyclic) bond motifs is 1. The quantitative estimate of drug-likeness (QED) is 0.575. The van der Waals surface area contributed by atoms with Crippen LogP contribution in [0.2, 0.25) is 0 Å². The molecule has 5 rings (SSSR count). The number of aromatic nitrogens is 2. The molecule has 2 saturated carbocycles. The van der Waals surface area contributed by atoms with Crippen LogP contribution in [0.4, 0.5) is 10.2 Å². The number of anilines is 1. The largest absolute Gasteiger partial charge is 0.367 e. The fraction of sp³-hybridized carbons (Fsp3) is 0.364. The van der Waals surface area contributed by atoms with Crippen molar-refractivity contribution in [3.8, 4) is 11.1 Å². The number of hydrogen-bond acceptors (Lipinski definition) is 5. The van der Waals surface area contributed by atoms with Crippen LogP contribution in [-0.4, -0.2) is 36.2 Å². The van der Waals surface area contributed by atoms with Crippen molar-refractivity contribution in [3.05, 3.63) is 54.1 Å². The van der Waals surface area contributed by atoms with Crippen LogP contribution in [0.15, 0.2) is 42.7 Å². The van der Waals surface area contributed by atoms with Crippen LogP contribution in [0.5, 0.6) is 0 Å². The molecule has 0 unspecified atom stereocenters. The van der Waals surface area contributed by atoms with Crippen molar-refractivity contribution in [1.29, 1.82) is 0 Å². The molecule has 2 aliphatic carbocycles. The molecule has 8 heteroatoms. The van der Waals surface area contributed by atoms with E-state index in [2.05, 4.69) is 20.0 Å². The summed E-state index contributed by atoms with van der Waals surface area (Å²) in [5, 5.41) is 4.00. The molecule has 2 aliphatic rings. The Hall–Kier alpha value is -2.58. The third kappa shape index (κ3) is 4.44. The van der Waals surface area contributed by atoms with E-state index in [0.717, 1.165) is 42.4 Å². The van der Waals surface area contributed by atoms with E-state index in [1.807, 2.05) is 30.3 Å². The Labute approximate surface area is 175 Å². The third-order valence-electron chi connectivity index (χ3n) is 5.45.